The molecule has 0 radical (unpaired) electrons. The summed E-state index contributed by atoms with van der Waals surface area (Å²) in [5.41, 5.74) is 1.28. The molecule has 84 valence electrons. The van der Waals surface area contributed by atoms with Gasteiger partial charge in [-0.25, -0.2) is 4.39 Å². The van der Waals surface area contributed by atoms with Crippen LogP contribution in [0, 0.1) is 5.82 Å². The fraction of sp³-hybridized carbons (Fsp3) is 0.538. The van der Waals surface area contributed by atoms with Crippen molar-refractivity contribution in [2.45, 2.75) is 45.7 Å². The van der Waals surface area contributed by atoms with Crippen LogP contribution in [0.15, 0.2) is 24.3 Å². The van der Waals surface area contributed by atoms with Crippen LogP contribution in [0.25, 0.3) is 0 Å². The monoisotopic (exact) mass is 209 g/mol. The van der Waals surface area contributed by atoms with Crippen LogP contribution in [-0.4, -0.2) is 5.54 Å². The first-order valence-corrected chi connectivity index (χ1v) is 5.53. The topological polar surface area (TPSA) is 12.0 Å². The Kier molecular flexibility index (Phi) is 4.28. The average Bonchev–Trinajstić information content (AvgIpc) is 2.17. The lowest BCUT2D eigenvalue weighted by atomic mass is 9.98. The molecule has 1 aromatic rings. The van der Waals surface area contributed by atoms with Crippen molar-refractivity contribution in [3.63, 3.8) is 0 Å². The predicted molar refractivity (Wildman–Crippen MR) is 62.2 cm³/mol. The summed E-state index contributed by atoms with van der Waals surface area (Å²) in [4.78, 5) is 0. The van der Waals surface area contributed by atoms with E-state index in [1.54, 1.807) is 0 Å². The van der Waals surface area contributed by atoms with Crippen molar-refractivity contribution < 1.29 is 4.39 Å². The van der Waals surface area contributed by atoms with Gasteiger partial charge in [0.05, 0.1) is 0 Å². The quantitative estimate of drug-likeness (QED) is 0.782. The zero-order valence-electron chi connectivity index (χ0n) is 9.81. The van der Waals surface area contributed by atoms with E-state index >= 15 is 0 Å². The second-order valence-electron chi connectivity index (χ2n) is 4.61. The molecule has 0 saturated heterocycles. The van der Waals surface area contributed by atoms with Gasteiger partial charge in [0.1, 0.15) is 5.82 Å². The fourth-order valence-electron chi connectivity index (χ4n) is 1.66. The number of nitrogens with one attached hydrogen (secondary N) is 1. The Labute approximate surface area is 91.7 Å². The molecule has 15 heavy (non-hydrogen) atoms. The third kappa shape index (κ3) is 4.43. The molecule has 1 nitrogen and oxygen atoms in total. The highest BCUT2D eigenvalue weighted by Gasteiger charge is 2.14. The fourth-order valence-corrected chi connectivity index (χ4v) is 1.66. The number of halogens is 1. The van der Waals surface area contributed by atoms with Gasteiger partial charge in [0, 0.05) is 12.1 Å². The number of rotatable bonds is 5. The molecule has 0 aliphatic rings. The molecular formula is C13H20FN. The van der Waals surface area contributed by atoms with Gasteiger partial charge in [-0.15, -0.1) is 0 Å². The maximum absolute atomic E-state index is 12.7. The van der Waals surface area contributed by atoms with Crippen molar-refractivity contribution in [2.75, 3.05) is 0 Å². The summed E-state index contributed by atoms with van der Waals surface area (Å²) in [6, 6.07) is 6.66. The lowest BCUT2D eigenvalue weighted by Gasteiger charge is -2.25. The highest BCUT2D eigenvalue weighted by atomic mass is 19.1. The summed E-state index contributed by atoms with van der Waals surface area (Å²) in [7, 11) is 0. The van der Waals surface area contributed by atoms with Crippen molar-refractivity contribution in [1.29, 1.82) is 0 Å². The summed E-state index contributed by atoms with van der Waals surface area (Å²) < 4.78 is 12.7. The van der Waals surface area contributed by atoms with Gasteiger partial charge in [0.2, 0.25) is 0 Å². The predicted octanol–water partition coefficient (Wildman–Crippen LogP) is 3.49. The zero-order valence-corrected chi connectivity index (χ0v) is 9.81. The van der Waals surface area contributed by atoms with Gasteiger partial charge >= 0.3 is 0 Å². The molecule has 0 saturated carbocycles. The first-order chi connectivity index (χ1) is 7.03. The van der Waals surface area contributed by atoms with Crippen LogP contribution in [0.4, 0.5) is 4.39 Å². The molecule has 0 aliphatic heterocycles. The molecule has 1 rings (SSSR count). The van der Waals surface area contributed by atoms with Crippen LogP contribution in [0.1, 0.15) is 39.2 Å². The highest BCUT2D eigenvalue weighted by Crippen LogP contribution is 2.12. The lowest BCUT2D eigenvalue weighted by molar-refractivity contribution is 0.357. The van der Waals surface area contributed by atoms with Crippen molar-refractivity contribution in [2.24, 2.45) is 0 Å². The van der Waals surface area contributed by atoms with Gasteiger partial charge in [0.15, 0.2) is 0 Å². The van der Waals surface area contributed by atoms with Gasteiger partial charge in [-0.05, 0) is 38.0 Å². The lowest BCUT2D eigenvalue weighted by Crippen LogP contribution is -2.38. The molecule has 2 heteroatoms. The summed E-state index contributed by atoms with van der Waals surface area (Å²) in [6.07, 6.45) is 2.32. The molecule has 0 aromatic heterocycles. The van der Waals surface area contributed by atoms with Crippen LogP contribution in [-0.2, 0) is 6.54 Å². The Balaban J connectivity index is 2.46. The molecular weight excluding hydrogens is 189 g/mol. The zero-order chi connectivity index (χ0) is 11.3. The molecule has 0 amide bonds. The molecule has 0 unspecified atom stereocenters. The van der Waals surface area contributed by atoms with Crippen LogP contribution < -0.4 is 5.32 Å². The van der Waals surface area contributed by atoms with Gasteiger partial charge in [-0.3, -0.25) is 0 Å². The van der Waals surface area contributed by atoms with Crippen molar-refractivity contribution >= 4 is 0 Å². The largest absolute Gasteiger partial charge is 0.308 e. The SMILES string of the molecule is CCCC(C)(C)NCc1ccc(F)cc1. The van der Waals surface area contributed by atoms with E-state index in [-0.39, 0.29) is 11.4 Å². The van der Waals surface area contributed by atoms with E-state index in [0.717, 1.165) is 18.5 Å². The summed E-state index contributed by atoms with van der Waals surface area (Å²) >= 11 is 0. The molecule has 0 bridgehead atoms. The molecule has 0 spiro atoms. The molecule has 0 aliphatic carbocycles. The van der Waals surface area contributed by atoms with Crippen LogP contribution in [0.5, 0.6) is 0 Å². The molecule has 1 aromatic carbocycles. The number of benzene rings is 1. The van der Waals surface area contributed by atoms with Crippen LogP contribution >= 0.6 is 0 Å². The molecule has 0 atom stereocenters. The van der Waals surface area contributed by atoms with Crippen molar-refractivity contribution in [3.8, 4) is 0 Å². The number of hydrogen-bond acceptors (Lipinski definition) is 1. The van der Waals surface area contributed by atoms with Crippen molar-refractivity contribution in [1.82, 2.24) is 5.32 Å². The van der Waals surface area contributed by atoms with E-state index in [1.807, 2.05) is 12.1 Å². The summed E-state index contributed by atoms with van der Waals surface area (Å²) in [6.45, 7) is 7.37. The second-order valence-corrected chi connectivity index (χ2v) is 4.61. The van der Waals surface area contributed by atoms with Gasteiger partial charge in [-0.2, -0.15) is 0 Å². The minimum Gasteiger partial charge on any atom is -0.308 e. The van der Waals surface area contributed by atoms with E-state index in [4.69, 9.17) is 0 Å². The van der Waals surface area contributed by atoms with Gasteiger partial charge in [0.25, 0.3) is 0 Å². The first-order valence-electron chi connectivity index (χ1n) is 5.53. The van der Waals surface area contributed by atoms with E-state index in [0.29, 0.717) is 0 Å². The second kappa shape index (κ2) is 5.26. The van der Waals surface area contributed by atoms with E-state index in [1.165, 1.54) is 18.6 Å². The van der Waals surface area contributed by atoms with E-state index in [2.05, 4.69) is 26.1 Å². The molecule has 0 heterocycles. The van der Waals surface area contributed by atoms with Gasteiger partial charge in [-0.1, -0.05) is 25.5 Å². The molecule has 1 N–H and O–H groups in total. The Bertz CT molecular complexity index is 290. The maximum Gasteiger partial charge on any atom is 0.123 e. The third-order valence-corrected chi connectivity index (χ3v) is 2.56. The Morgan fingerprint density at radius 3 is 2.33 bits per heavy atom. The normalized spacial score (nSPS) is 11.7. The summed E-state index contributed by atoms with van der Waals surface area (Å²) in [5, 5.41) is 3.47. The van der Waals surface area contributed by atoms with Crippen molar-refractivity contribution in [3.05, 3.63) is 35.6 Å². The Morgan fingerprint density at radius 1 is 1.20 bits per heavy atom. The van der Waals surface area contributed by atoms with Crippen LogP contribution in [0.3, 0.4) is 0 Å². The standard InChI is InChI=1S/C13H20FN/c1-4-9-13(2,3)15-10-11-5-7-12(14)8-6-11/h5-8,15H,4,9-10H2,1-3H3. The third-order valence-electron chi connectivity index (χ3n) is 2.56. The van der Waals surface area contributed by atoms with E-state index < -0.39 is 0 Å². The van der Waals surface area contributed by atoms with E-state index in [9.17, 15) is 4.39 Å². The minimum absolute atomic E-state index is 0.156. The van der Waals surface area contributed by atoms with Gasteiger partial charge < -0.3 is 5.32 Å². The Hall–Kier alpha value is -0.890. The molecule has 0 fully saturated rings. The highest BCUT2D eigenvalue weighted by molar-refractivity contribution is 5.16. The summed E-state index contributed by atoms with van der Waals surface area (Å²) in [5.74, 6) is -0.174. The average molecular weight is 209 g/mol. The van der Waals surface area contributed by atoms with Crippen LogP contribution in [0.2, 0.25) is 0 Å². The maximum atomic E-state index is 12.7. The number of hydrogen-bond donors (Lipinski definition) is 1. The minimum atomic E-state index is -0.174. The Morgan fingerprint density at radius 2 is 1.80 bits per heavy atom. The first kappa shape index (κ1) is 12.2. The smallest absolute Gasteiger partial charge is 0.123 e.